The Morgan fingerprint density at radius 2 is 1.70 bits per heavy atom. The van der Waals surface area contributed by atoms with Gasteiger partial charge in [0.1, 0.15) is 11.6 Å². The van der Waals surface area contributed by atoms with Gasteiger partial charge >= 0.3 is 0 Å². The van der Waals surface area contributed by atoms with Crippen LogP contribution in [0, 0.1) is 0 Å². The summed E-state index contributed by atoms with van der Waals surface area (Å²) in [6.07, 6.45) is 4.45. The Morgan fingerprint density at radius 3 is 2.45 bits per heavy atom. The predicted octanol–water partition coefficient (Wildman–Crippen LogP) is 3.26. The molecule has 1 heterocycles. The van der Waals surface area contributed by atoms with Crippen LogP contribution < -0.4 is 5.73 Å². The summed E-state index contributed by atoms with van der Waals surface area (Å²) in [4.78, 5) is 9.43. The largest absolute Gasteiger partial charge is 0.383 e. The van der Waals surface area contributed by atoms with E-state index in [9.17, 15) is 0 Å². The first-order valence-corrected chi connectivity index (χ1v) is 7.30. The number of nitrogen functional groups attached to an aromatic ring is 1. The minimum atomic E-state index is -0.220. The van der Waals surface area contributed by atoms with Gasteiger partial charge in [-0.2, -0.15) is 0 Å². The molecule has 2 aromatic rings. The molecule has 3 nitrogen and oxygen atoms in total. The van der Waals surface area contributed by atoms with Crippen molar-refractivity contribution in [3.05, 3.63) is 53.0 Å². The number of anilines is 1. The molecule has 1 aliphatic rings. The highest BCUT2D eigenvalue weighted by atomic mass is 15.0. The van der Waals surface area contributed by atoms with E-state index in [1.165, 1.54) is 24.0 Å². The molecule has 0 atom stereocenters. The molecule has 2 N–H and O–H groups in total. The van der Waals surface area contributed by atoms with Crippen molar-refractivity contribution in [2.75, 3.05) is 5.73 Å². The van der Waals surface area contributed by atoms with E-state index < -0.39 is 0 Å². The highest BCUT2D eigenvalue weighted by molar-refractivity contribution is 5.45. The van der Waals surface area contributed by atoms with Crippen molar-refractivity contribution in [3.8, 4) is 0 Å². The van der Waals surface area contributed by atoms with Gasteiger partial charge in [0.05, 0.1) is 0 Å². The molecule has 0 aliphatic heterocycles. The van der Waals surface area contributed by atoms with Crippen molar-refractivity contribution in [2.24, 2.45) is 0 Å². The van der Waals surface area contributed by atoms with Gasteiger partial charge < -0.3 is 5.73 Å². The zero-order valence-corrected chi connectivity index (χ0v) is 12.2. The lowest BCUT2D eigenvalue weighted by molar-refractivity contribution is 0.571. The fourth-order valence-electron chi connectivity index (χ4n) is 2.89. The van der Waals surface area contributed by atoms with Crippen LogP contribution in [0.3, 0.4) is 0 Å². The van der Waals surface area contributed by atoms with E-state index in [1.54, 1.807) is 0 Å². The van der Waals surface area contributed by atoms with E-state index >= 15 is 0 Å². The van der Waals surface area contributed by atoms with Gasteiger partial charge in [-0.15, -0.1) is 0 Å². The number of hydrogen-bond donors (Lipinski definition) is 1. The average molecular weight is 267 g/mol. The minimum absolute atomic E-state index is 0.220. The fourth-order valence-corrected chi connectivity index (χ4v) is 2.89. The first kappa shape index (κ1) is 13.1. The quantitative estimate of drug-likeness (QED) is 0.908. The molecule has 3 heteroatoms. The number of hydrogen-bond acceptors (Lipinski definition) is 3. The molecule has 0 amide bonds. The van der Waals surface area contributed by atoms with Gasteiger partial charge in [-0.1, -0.05) is 30.3 Å². The van der Waals surface area contributed by atoms with Crippen molar-refractivity contribution in [3.63, 3.8) is 0 Å². The van der Waals surface area contributed by atoms with Gasteiger partial charge in [0.2, 0.25) is 0 Å². The van der Waals surface area contributed by atoms with Gasteiger partial charge in [-0.05, 0) is 45.1 Å². The zero-order chi connectivity index (χ0) is 14.2. The van der Waals surface area contributed by atoms with E-state index in [0.29, 0.717) is 5.82 Å². The minimum Gasteiger partial charge on any atom is -0.383 e. The first-order chi connectivity index (χ1) is 9.59. The maximum atomic E-state index is 6.17. The first-order valence-electron chi connectivity index (χ1n) is 7.30. The second-order valence-electron chi connectivity index (χ2n) is 6.06. The Hall–Kier alpha value is -1.90. The van der Waals surface area contributed by atoms with E-state index in [2.05, 4.69) is 43.1 Å². The normalized spacial score (nSPS) is 14.9. The summed E-state index contributed by atoms with van der Waals surface area (Å²) in [5, 5.41) is 0. The summed E-state index contributed by atoms with van der Waals surface area (Å²) in [6, 6.07) is 10.4. The molecular weight excluding hydrogens is 246 g/mol. The summed E-state index contributed by atoms with van der Waals surface area (Å²) in [5.74, 6) is 1.51. The average Bonchev–Trinajstić information content (AvgIpc) is 2.48. The van der Waals surface area contributed by atoms with Crippen molar-refractivity contribution in [1.82, 2.24) is 9.97 Å². The molecule has 0 bridgehead atoms. The van der Waals surface area contributed by atoms with Crippen LogP contribution in [0.1, 0.15) is 49.3 Å². The van der Waals surface area contributed by atoms with E-state index in [1.807, 2.05) is 6.07 Å². The molecule has 104 valence electrons. The van der Waals surface area contributed by atoms with Gasteiger partial charge in [-0.3, -0.25) is 0 Å². The molecule has 0 unspecified atom stereocenters. The molecule has 0 saturated carbocycles. The lowest BCUT2D eigenvalue weighted by Gasteiger charge is -2.26. The van der Waals surface area contributed by atoms with E-state index in [4.69, 9.17) is 10.7 Å². The Bertz CT molecular complexity index is 618. The van der Waals surface area contributed by atoms with E-state index in [-0.39, 0.29) is 5.41 Å². The zero-order valence-electron chi connectivity index (χ0n) is 12.2. The van der Waals surface area contributed by atoms with Crippen LogP contribution in [0.4, 0.5) is 5.82 Å². The lowest BCUT2D eigenvalue weighted by atomic mass is 9.83. The molecule has 0 radical (unpaired) electrons. The maximum Gasteiger partial charge on any atom is 0.140 e. The number of nitrogens with zero attached hydrogens (tertiary/aromatic N) is 2. The molecule has 0 saturated heterocycles. The van der Waals surface area contributed by atoms with Gasteiger partial charge in [0.15, 0.2) is 0 Å². The number of nitrogens with two attached hydrogens (primary N) is 1. The highest BCUT2D eigenvalue weighted by Gasteiger charge is 2.28. The van der Waals surface area contributed by atoms with Crippen LogP contribution in [0.15, 0.2) is 30.3 Å². The standard InChI is InChI=1S/C17H21N3/c1-17(2,12-8-4-3-5-9-12)16-19-14-11-7-6-10-13(14)15(18)20-16/h3-5,8-9H,6-7,10-11H2,1-2H3,(H2,18,19,20). The second-order valence-corrected chi connectivity index (χ2v) is 6.06. The summed E-state index contributed by atoms with van der Waals surface area (Å²) < 4.78 is 0. The van der Waals surface area contributed by atoms with Crippen molar-refractivity contribution in [2.45, 2.75) is 44.9 Å². The van der Waals surface area contributed by atoms with E-state index in [0.717, 1.165) is 24.4 Å². The van der Waals surface area contributed by atoms with Gasteiger partial charge in [0.25, 0.3) is 0 Å². The molecule has 1 aromatic carbocycles. The maximum absolute atomic E-state index is 6.17. The molecule has 0 spiro atoms. The molecular formula is C17H21N3. The van der Waals surface area contributed by atoms with Crippen molar-refractivity contribution < 1.29 is 0 Å². The van der Waals surface area contributed by atoms with Crippen LogP contribution >= 0.6 is 0 Å². The fraction of sp³-hybridized carbons (Fsp3) is 0.412. The molecule has 3 rings (SSSR count). The van der Waals surface area contributed by atoms with Crippen molar-refractivity contribution in [1.29, 1.82) is 0 Å². The monoisotopic (exact) mass is 267 g/mol. The van der Waals surface area contributed by atoms with Crippen LogP contribution in [0.25, 0.3) is 0 Å². The summed E-state index contributed by atoms with van der Waals surface area (Å²) in [6.45, 7) is 4.32. The summed E-state index contributed by atoms with van der Waals surface area (Å²) >= 11 is 0. The second kappa shape index (κ2) is 4.89. The Morgan fingerprint density at radius 1 is 1.00 bits per heavy atom. The lowest BCUT2D eigenvalue weighted by Crippen LogP contribution is -2.25. The SMILES string of the molecule is CC(C)(c1ccccc1)c1nc(N)c2c(n1)CCCC2. The Kier molecular flexibility index (Phi) is 3.20. The number of fused-ring (bicyclic) bond motifs is 1. The number of benzene rings is 1. The number of aryl methyl sites for hydroxylation is 1. The number of aromatic nitrogens is 2. The third kappa shape index (κ3) is 2.17. The van der Waals surface area contributed by atoms with Crippen LogP contribution in [0.2, 0.25) is 0 Å². The van der Waals surface area contributed by atoms with Crippen molar-refractivity contribution >= 4 is 5.82 Å². The van der Waals surface area contributed by atoms with Gasteiger partial charge in [0, 0.05) is 16.7 Å². The third-order valence-corrected chi connectivity index (χ3v) is 4.27. The van der Waals surface area contributed by atoms with Crippen LogP contribution in [-0.4, -0.2) is 9.97 Å². The molecule has 1 aliphatic carbocycles. The Balaban J connectivity index is 2.08. The highest BCUT2D eigenvalue weighted by Crippen LogP contribution is 2.32. The molecule has 20 heavy (non-hydrogen) atoms. The topological polar surface area (TPSA) is 51.8 Å². The van der Waals surface area contributed by atoms with Gasteiger partial charge in [-0.25, -0.2) is 9.97 Å². The molecule has 1 aromatic heterocycles. The summed E-state index contributed by atoms with van der Waals surface area (Å²) in [5.41, 5.74) is 9.49. The smallest absolute Gasteiger partial charge is 0.140 e. The van der Waals surface area contributed by atoms with Crippen LogP contribution in [-0.2, 0) is 18.3 Å². The number of rotatable bonds is 2. The molecule has 0 fully saturated rings. The van der Waals surface area contributed by atoms with Crippen LogP contribution in [0.5, 0.6) is 0 Å². The summed E-state index contributed by atoms with van der Waals surface area (Å²) in [7, 11) is 0. The predicted molar refractivity (Wildman–Crippen MR) is 81.7 cm³/mol. The Labute approximate surface area is 120 Å². The third-order valence-electron chi connectivity index (χ3n) is 4.27.